The average Bonchev–Trinajstić information content (AvgIpc) is 2.53. The summed E-state index contributed by atoms with van der Waals surface area (Å²) in [5.74, 6) is 6.70. The Labute approximate surface area is 138 Å². The van der Waals surface area contributed by atoms with Gasteiger partial charge in [-0.2, -0.15) is 0 Å². The number of nitrogens with zero attached hydrogens (tertiary/aromatic N) is 4. The van der Waals surface area contributed by atoms with E-state index in [2.05, 4.69) is 28.0 Å². The van der Waals surface area contributed by atoms with Gasteiger partial charge in [0.05, 0.1) is 6.67 Å². The minimum absolute atomic E-state index is 0.230. The third-order valence-corrected chi connectivity index (χ3v) is 3.71. The van der Waals surface area contributed by atoms with Gasteiger partial charge in [-0.15, -0.1) is 0 Å². The number of piperazine rings is 1. The summed E-state index contributed by atoms with van der Waals surface area (Å²) in [6.45, 7) is 12.4. The molecule has 1 rings (SSSR count). The maximum absolute atomic E-state index is 12.1. The molecule has 0 saturated carbocycles. The van der Waals surface area contributed by atoms with Crippen LogP contribution in [-0.2, 0) is 0 Å². The number of alkyl halides is 1. The molecule has 23 heavy (non-hydrogen) atoms. The summed E-state index contributed by atoms with van der Waals surface area (Å²) < 4.78 is 12.1. The topological polar surface area (TPSA) is 74.1 Å². The molecule has 1 saturated heterocycles. The molecule has 0 atom stereocenters. The van der Waals surface area contributed by atoms with Crippen molar-refractivity contribution >= 4 is 5.84 Å². The van der Waals surface area contributed by atoms with Gasteiger partial charge >= 0.3 is 0 Å². The van der Waals surface area contributed by atoms with Crippen molar-refractivity contribution in [3.05, 3.63) is 37.3 Å². The first-order valence-electron chi connectivity index (χ1n) is 7.92. The molecule has 130 valence electrons. The number of hydrogen-bond donors (Lipinski definition) is 2. The van der Waals surface area contributed by atoms with Crippen LogP contribution in [0.5, 0.6) is 0 Å². The Morgan fingerprint density at radius 1 is 1.26 bits per heavy atom. The highest BCUT2D eigenvalue weighted by Crippen LogP contribution is 2.05. The first-order valence-corrected chi connectivity index (χ1v) is 7.92. The van der Waals surface area contributed by atoms with Crippen LogP contribution in [0.4, 0.5) is 4.39 Å². The van der Waals surface area contributed by atoms with E-state index in [4.69, 9.17) is 11.6 Å². The number of hydrogen-bond acceptors (Lipinski definition) is 5. The van der Waals surface area contributed by atoms with E-state index >= 15 is 0 Å². The van der Waals surface area contributed by atoms with E-state index in [1.165, 1.54) is 5.01 Å². The fourth-order valence-electron chi connectivity index (χ4n) is 2.49. The van der Waals surface area contributed by atoms with Crippen LogP contribution in [0, 0.1) is 0 Å². The standard InChI is InChI=1S/C16H29FN6/c1-3-16(20-4-2)22-12-10-21(11-13-22)8-5-9-23(19)14-15(18)6-7-17/h3-4,14H,1-2,5-13,18-19H2/b15-14-,20-16?. The highest BCUT2D eigenvalue weighted by atomic mass is 19.1. The molecule has 0 aliphatic carbocycles. The lowest BCUT2D eigenvalue weighted by molar-refractivity contribution is 0.176. The third kappa shape index (κ3) is 7.30. The summed E-state index contributed by atoms with van der Waals surface area (Å²) >= 11 is 0. The first kappa shape index (κ1) is 19.2. The zero-order valence-electron chi connectivity index (χ0n) is 13.8. The van der Waals surface area contributed by atoms with Gasteiger partial charge in [-0.05, 0) is 12.5 Å². The van der Waals surface area contributed by atoms with Gasteiger partial charge in [0, 0.05) is 63.8 Å². The predicted octanol–water partition coefficient (Wildman–Crippen LogP) is 1.06. The SMILES string of the molecule is C=CN=C(C=C)N1CCN(CCCN(N)/C=C(\N)CCF)CC1. The lowest BCUT2D eigenvalue weighted by Gasteiger charge is -2.35. The lowest BCUT2D eigenvalue weighted by Crippen LogP contribution is -2.48. The van der Waals surface area contributed by atoms with Crippen LogP contribution in [0.1, 0.15) is 12.8 Å². The fourth-order valence-corrected chi connectivity index (χ4v) is 2.49. The Morgan fingerprint density at radius 2 is 1.96 bits per heavy atom. The molecular formula is C16H29FN6. The highest BCUT2D eigenvalue weighted by molar-refractivity contribution is 5.92. The van der Waals surface area contributed by atoms with Crippen molar-refractivity contribution in [2.24, 2.45) is 16.6 Å². The Bertz CT molecular complexity index is 426. The molecule has 1 heterocycles. The Morgan fingerprint density at radius 3 is 2.52 bits per heavy atom. The van der Waals surface area contributed by atoms with E-state index < -0.39 is 6.67 Å². The molecule has 1 aliphatic rings. The van der Waals surface area contributed by atoms with Crippen molar-refractivity contribution in [3.8, 4) is 0 Å². The van der Waals surface area contributed by atoms with Crippen molar-refractivity contribution in [3.63, 3.8) is 0 Å². The van der Waals surface area contributed by atoms with Crippen LogP contribution in [0.2, 0.25) is 0 Å². The minimum Gasteiger partial charge on any atom is -0.401 e. The van der Waals surface area contributed by atoms with Gasteiger partial charge in [0.15, 0.2) is 0 Å². The van der Waals surface area contributed by atoms with E-state index in [0.717, 1.165) is 45.0 Å². The monoisotopic (exact) mass is 324 g/mol. The van der Waals surface area contributed by atoms with Crippen LogP contribution in [-0.4, -0.2) is 66.6 Å². The second-order valence-corrected chi connectivity index (χ2v) is 5.44. The molecule has 0 aromatic carbocycles. The maximum atomic E-state index is 12.1. The van der Waals surface area contributed by atoms with Gasteiger partial charge in [0.25, 0.3) is 0 Å². The van der Waals surface area contributed by atoms with Crippen molar-refractivity contribution in [1.29, 1.82) is 0 Å². The van der Waals surface area contributed by atoms with Gasteiger partial charge in [0.2, 0.25) is 0 Å². The van der Waals surface area contributed by atoms with Crippen LogP contribution >= 0.6 is 0 Å². The van der Waals surface area contributed by atoms with Gasteiger partial charge in [-0.1, -0.05) is 13.2 Å². The number of amidine groups is 1. The first-order chi connectivity index (χ1) is 11.1. The second-order valence-electron chi connectivity index (χ2n) is 5.44. The summed E-state index contributed by atoms with van der Waals surface area (Å²) in [7, 11) is 0. The van der Waals surface area contributed by atoms with Crippen LogP contribution < -0.4 is 11.6 Å². The number of aliphatic imine (C=N–C) groups is 1. The molecule has 0 unspecified atom stereocenters. The summed E-state index contributed by atoms with van der Waals surface area (Å²) in [6.07, 6.45) is 6.08. The molecule has 0 bridgehead atoms. The molecule has 0 spiro atoms. The minimum atomic E-state index is -0.456. The lowest BCUT2D eigenvalue weighted by atomic mass is 10.2. The Kier molecular flexibility index (Phi) is 9.01. The van der Waals surface area contributed by atoms with Crippen molar-refractivity contribution in [1.82, 2.24) is 14.8 Å². The molecule has 7 heteroatoms. The van der Waals surface area contributed by atoms with Gasteiger partial charge in [-0.3, -0.25) is 9.29 Å². The zero-order chi connectivity index (χ0) is 17.1. The number of halogens is 1. The number of nitrogens with two attached hydrogens (primary N) is 2. The number of hydrazine groups is 1. The van der Waals surface area contributed by atoms with Crippen LogP contribution in [0.15, 0.2) is 42.3 Å². The zero-order valence-corrected chi connectivity index (χ0v) is 13.8. The normalized spacial score (nSPS) is 17.2. The molecule has 0 aromatic heterocycles. The second kappa shape index (κ2) is 10.8. The molecule has 4 N–H and O–H groups in total. The molecule has 0 radical (unpaired) electrons. The molecule has 1 aliphatic heterocycles. The molecule has 1 fully saturated rings. The molecule has 0 amide bonds. The summed E-state index contributed by atoms with van der Waals surface area (Å²) in [6, 6.07) is 0. The van der Waals surface area contributed by atoms with E-state index in [1.54, 1.807) is 18.5 Å². The van der Waals surface area contributed by atoms with E-state index in [-0.39, 0.29) is 6.42 Å². The van der Waals surface area contributed by atoms with Gasteiger partial charge < -0.3 is 15.6 Å². The third-order valence-electron chi connectivity index (χ3n) is 3.71. The highest BCUT2D eigenvalue weighted by Gasteiger charge is 2.17. The molecule has 0 aromatic rings. The van der Waals surface area contributed by atoms with Crippen molar-refractivity contribution in [2.75, 3.05) is 45.9 Å². The summed E-state index contributed by atoms with van der Waals surface area (Å²) in [4.78, 5) is 8.83. The van der Waals surface area contributed by atoms with Gasteiger partial charge in [0.1, 0.15) is 5.84 Å². The maximum Gasteiger partial charge on any atom is 0.127 e. The number of rotatable bonds is 9. The van der Waals surface area contributed by atoms with Gasteiger partial charge in [-0.25, -0.2) is 10.8 Å². The van der Waals surface area contributed by atoms with E-state index in [9.17, 15) is 4.39 Å². The van der Waals surface area contributed by atoms with Crippen LogP contribution in [0.25, 0.3) is 0 Å². The smallest absolute Gasteiger partial charge is 0.127 e. The number of allylic oxidation sites excluding steroid dienone is 1. The predicted molar refractivity (Wildman–Crippen MR) is 94.2 cm³/mol. The molecule has 6 nitrogen and oxygen atoms in total. The van der Waals surface area contributed by atoms with Crippen molar-refractivity contribution < 1.29 is 4.39 Å². The summed E-state index contributed by atoms with van der Waals surface area (Å²) in [5.41, 5.74) is 6.11. The fraction of sp³-hybridized carbons (Fsp3) is 0.562. The Hall–Kier alpha value is -1.86. The van der Waals surface area contributed by atoms with E-state index in [1.807, 2.05) is 0 Å². The molecular weight excluding hydrogens is 295 g/mol. The quantitative estimate of drug-likeness (QED) is 0.287. The summed E-state index contributed by atoms with van der Waals surface area (Å²) in [5, 5.41) is 1.54. The van der Waals surface area contributed by atoms with E-state index in [0.29, 0.717) is 12.2 Å². The average molecular weight is 324 g/mol. The van der Waals surface area contributed by atoms with Crippen molar-refractivity contribution in [2.45, 2.75) is 12.8 Å². The Balaban J connectivity index is 2.26. The largest absolute Gasteiger partial charge is 0.401 e. The van der Waals surface area contributed by atoms with Crippen LogP contribution in [0.3, 0.4) is 0 Å².